The molecule has 1 heterocycles. The van der Waals surface area contributed by atoms with Crippen molar-refractivity contribution in [1.82, 2.24) is 9.80 Å². The number of rotatable bonds is 29. The number of hydrogen-bond donors (Lipinski definition) is 0. The van der Waals surface area contributed by atoms with Crippen LogP contribution < -0.4 is 0 Å². The average Bonchev–Trinajstić information content (AvgIpc) is 3.29. The van der Waals surface area contributed by atoms with Crippen molar-refractivity contribution in [3.8, 4) is 0 Å². The van der Waals surface area contributed by atoms with Gasteiger partial charge in [0.15, 0.2) is 0 Å². The van der Waals surface area contributed by atoms with Crippen molar-refractivity contribution in [3.05, 3.63) is 12.4 Å². The molecule has 0 N–H and O–H groups in total. The van der Waals surface area contributed by atoms with Crippen molar-refractivity contribution in [2.45, 2.75) is 200 Å². The molecule has 220 valence electrons. The van der Waals surface area contributed by atoms with Crippen LogP contribution in [0.1, 0.15) is 194 Å². The fourth-order valence-electron chi connectivity index (χ4n) is 6.00. The Bertz CT molecular complexity index is 436. The van der Waals surface area contributed by atoms with Crippen LogP contribution in [0.15, 0.2) is 12.4 Å². The molecule has 0 radical (unpaired) electrons. The molecular formula is C35H70N2. The lowest BCUT2D eigenvalue weighted by Gasteiger charge is -2.33. The van der Waals surface area contributed by atoms with Crippen LogP contribution in [0.25, 0.3) is 0 Å². The van der Waals surface area contributed by atoms with Crippen LogP contribution in [0.2, 0.25) is 0 Å². The molecule has 0 unspecified atom stereocenters. The first kappa shape index (κ1) is 34.4. The molecule has 0 bridgehead atoms. The summed E-state index contributed by atoms with van der Waals surface area (Å²) in [6.07, 6.45) is 44.0. The molecule has 37 heavy (non-hydrogen) atoms. The van der Waals surface area contributed by atoms with E-state index in [-0.39, 0.29) is 0 Å². The Balaban J connectivity index is 2.04. The van der Waals surface area contributed by atoms with Crippen molar-refractivity contribution in [2.24, 2.45) is 0 Å². The Kier molecular flexibility index (Phi) is 25.0. The largest absolute Gasteiger partial charge is 0.356 e. The standard InChI is InChI=1S/C35H70N2/c1-4-7-10-12-14-16-18-20-22-24-26-28-31-36-33-34-37(35(36)30-9-6-3)32-29-27-25-23-21-19-17-15-13-11-8-5-2/h33-35H,4-32H2,1-3H3. The maximum Gasteiger partial charge on any atom is 0.101 e. The Hall–Kier alpha value is -0.660. The van der Waals surface area contributed by atoms with Crippen molar-refractivity contribution >= 4 is 0 Å². The van der Waals surface area contributed by atoms with E-state index in [1.807, 2.05) is 0 Å². The molecule has 0 aromatic rings. The molecule has 1 rings (SSSR count). The summed E-state index contributed by atoms with van der Waals surface area (Å²) in [5, 5.41) is 0. The Labute approximate surface area is 235 Å². The molecule has 0 saturated carbocycles. The third-order valence-electron chi connectivity index (χ3n) is 8.57. The normalized spacial score (nSPS) is 13.9. The van der Waals surface area contributed by atoms with E-state index in [9.17, 15) is 0 Å². The minimum atomic E-state index is 0.639. The second-order valence-corrected chi connectivity index (χ2v) is 12.2. The Morgan fingerprint density at radius 2 is 0.622 bits per heavy atom. The van der Waals surface area contributed by atoms with Gasteiger partial charge in [-0.3, -0.25) is 0 Å². The highest BCUT2D eigenvalue weighted by Crippen LogP contribution is 2.23. The fraction of sp³-hybridized carbons (Fsp3) is 0.943. The van der Waals surface area contributed by atoms with Gasteiger partial charge in [-0.2, -0.15) is 0 Å². The van der Waals surface area contributed by atoms with E-state index in [1.165, 1.54) is 186 Å². The average molecular weight is 519 g/mol. The second kappa shape index (κ2) is 26.9. The predicted octanol–water partition coefficient (Wildman–Crippen LogP) is 12.0. The van der Waals surface area contributed by atoms with Crippen LogP contribution >= 0.6 is 0 Å². The van der Waals surface area contributed by atoms with E-state index in [0.717, 1.165) is 0 Å². The molecule has 1 aliphatic rings. The highest BCUT2D eigenvalue weighted by Gasteiger charge is 2.24. The molecule has 0 aromatic heterocycles. The van der Waals surface area contributed by atoms with E-state index >= 15 is 0 Å². The van der Waals surface area contributed by atoms with Gasteiger partial charge in [0.2, 0.25) is 0 Å². The van der Waals surface area contributed by atoms with Gasteiger partial charge in [-0.1, -0.05) is 168 Å². The van der Waals surface area contributed by atoms with Crippen LogP contribution in [-0.2, 0) is 0 Å². The van der Waals surface area contributed by atoms with E-state index in [0.29, 0.717) is 6.17 Å². The minimum Gasteiger partial charge on any atom is -0.356 e. The van der Waals surface area contributed by atoms with Crippen molar-refractivity contribution in [1.29, 1.82) is 0 Å². The topological polar surface area (TPSA) is 6.48 Å². The molecule has 1 aliphatic heterocycles. The maximum absolute atomic E-state index is 2.67. The fourth-order valence-corrected chi connectivity index (χ4v) is 6.00. The number of nitrogens with zero attached hydrogens (tertiary/aromatic N) is 2. The first-order chi connectivity index (χ1) is 18.3. The van der Waals surface area contributed by atoms with Crippen molar-refractivity contribution in [3.63, 3.8) is 0 Å². The smallest absolute Gasteiger partial charge is 0.101 e. The monoisotopic (exact) mass is 519 g/mol. The molecule has 0 spiro atoms. The van der Waals surface area contributed by atoms with Gasteiger partial charge in [0, 0.05) is 25.5 Å². The molecule has 2 nitrogen and oxygen atoms in total. The van der Waals surface area contributed by atoms with Gasteiger partial charge in [-0.05, 0) is 25.7 Å². The quantitative estimate of drug-likeness (QED) is 0.0908. The third-order valence-corrected chi connectivity index (χ3v) is 8.57. The van der Waals surface area contributed by atoms with Crippen LogP contribution in [0.5, 0.6) is 0 Å². The van der Waals surface area contributed by atoms with E-state index in [4.69, 9.17) is 0 Å². The van der Waals surface area contributed by atoms with E-state index in [1.54, 1.807) is 0 Å². The minimum absolute atomic E-state index is 0.639. The molecule has 0 amide bonds. The zero-order valence-electron chi connectivity index (χ0n) is 26.1. The van der Waals surface area contributed by atoms with Gasteiger partial charge in [0.25, 0.3) is 0 Å². The summed E-state index contributed by atoms with van der Waals surface area (Å²) in [7, 11) is 0. The van der Waals surface area contributed by atoms with Crippen molar-refractivity contribution < 1.29 is 0 Å². The van der Waals surface area contributed by atoms with Gasteiger partial charge in [-0.15, -0.1) is 0 Å². The lowest BCUT2D eigenvalue weighted by Crippen LogP contribution is -2.39. The summed E-state index contributed by atoms with van der Waals surface area (Å²) < 4.78 is 0. The van der Waals surface area contributed by atoms with Gasteiger partial charge in [-0.25, -0.2) is 0 Å². The lowest BCUT2D eigenvalue weighted by atomic mass is 10.0. The van der Waals surface area contributed by atoms with Crippen molar-refractivity contribution in [2.75, 3.05) is 13.1 Å². The SMILES string of the molecule is CCCCCCCCCCCCCCN1C=CN(CCCCCCCCCCCCCC)C1CCCC. The summed E-state index contributed by atoms with van der Waals surface area (Å²) in [6, 6.07) is 0. The number of unbranched alkanes of at least 4 members (excludes halogenated alkanes) is 23. The summed E-state index contributed by atoms with van der Waals surface area (Å²) in [6.45, 7) is 9.48. The summed E-state index contributed by atoms with van der Waals surface area (Å²) >= 11 is 0. The summed E-state index contributed by atoms with van der Waals surface area (Å²) in [4.78, 5) is 5.35. The van der Waals surface area contributed by atoms with Gasteiger partial charge < -0.3 is 9.80 Å². The first-order valence-corrected chi connectivity index (χ1v) is 17.5. The molecule has 0 fully saturated rings. The zero-order valence-corrected chi connectivity index (χ0v) is 26.1. The van der Waals surface area contributed by atoms with Gasteiger partial charge in [0.05, 0.1) is 0 Å². The summed E-state index contributed by atoms with van der Waals surface area (Å²) in [5.74, 6) is 0. The van der Waals surface area contributed by atoms with E-state index < -0.39 is 0 Å². The molecule has 0 atom stereocenters. The highest BCUT2D eigenvalue weighted by atomic mass is 15.4. The highest BCUT2D eigenvalue weighted by molar-refractivity contribution is 4.96. The lowest BCUT2D eigenvalue weighted by molar-refractivity contribution is 0.136. The van der Waals surface area contributed by atoms with Crippen LogP contribution in [0, 0.1) is 0 Å². The van der Waals surface area contributed by atoms with Crippen LogP contribution in [0.4, 0.5) is 0 Å². The molecule has 0 aliphatic carbocycles. The van der Waals surface area contributed by atoms with Gasteiger partial charge in [0.1, 0.15) is 6.17 Å². The van der Waals surface area contributed by atoms with Crippen LogP contribution in [-0.4, -0.2) is 29.1 Å². The molecular weight excluding hydrogens is 448 g/mol. The number of hydrogen-bond acceptors (Lipinski definition) is 2. The summed E-state index contributed by atoms with van der Waals surface area (Å²) in [5.41, 5.74) is 0. The van der Waals surface area contributed by atoms with Gasteiger partial charge >= 0.3 is 0 Å². The Morgan fingerprint density at radius 1 is 0.351 bits per heavy atom. The molecule has 0 aromatic carbocycles. The first-order valence-electron chi connectivity index (χ1n) is 17.5. The van der Waals surface area contributed by atoms with Crippen LogP contribution in [0.3, 0.4) is 0 Å². The second-order valence-electron chi connectivity index (χ2n) is 12.2. The third kappa shape index (κ3) is 20.0. The molecule has 0 saturated heterocycles. The zero-order chi connectivity index (χ0) is 26.7. The Morgan fingerprint density at radius 3 is 0.919 bits per heavy atom. The molecule has 2 heteroatoms. The maximum atomic E-state index is 2.67. The van der Waals surface area contributed by atoms with E-state index in [2.05, 4.69) is 43.0 Å². The predicted molar refractivity (Wildman–Crippen MR) is 168 cm³/mol.